The van der Waals surface area contributed by atoms with Gasteiger partial charge in [-0.1, -0.05) is 20.3 Å². The molecule has 1 aliphatic carbocycles. The van der Waals surface area contributed by atoms with E-state index in [1.165, 1.54) is 0 Å². The second-order valence-electron chi connectivity index (χ2n) is 6.79. The molecule has 3 nitrogen and oxygen atoms in total. The standard InChI is InChI=1S/C14H25NO2S/c1-10(2)11-8-12-6-7-13(9-11)15(12)18(16,17)14-4-3-5-14/h10-14H,3-9H2,1-2H3. The third-order valence-corrected chi connectivity index (χ3v) is 7.91. The Hall–Kier alpha value is -0.0900. The van der Waals surface area contributed by atoms with Crippen molar-refractivity contribution in [1.82, 2.24) is 4.31 Å². The largest absolute Gasteiger partial charge is 0.217 e. The van der Waals surface area contributed by atoms with Crippen LogP contribution in [0.2, 0.25) is 0 Å². The first-order valence-corrected chi connectivity index (χ1v) is 9.03. The third-order valence-electron chi connectivity index (χ3n) is 5.41. The fraction of sp³-hybridized carbons (Fsp3) is 1.00. The minimum Gasteiger partial charge on any atom is -0.212 e. The van der Waals surface area contributed by atoms with E-state index in [4.69, 9.17) is 0 Å². The first-order valence-electron chi connectivity index (χ1n) is 7.52. The van der Waals surface area contributed by atoms with Gasteiger partial charge in [0.2, 0.25) is 10.0 Å². The summed E-state index contributed by atoms with van der Waals surface area (Å²) >= 11 is 0. The molecule has 2 unspecified atom stereocenters. The van der Waals surface area contributed by atoms with Crippen LogP contribution in [0.4, 0.5) is 0 Å². The van der Waals surface area contributed by atoms with Gasteiger partial charge in [0.1, 0.15) is 0 Å². The second-order valence-corrected chi connectivity index (χ2v) is 8.91. The zero-order valence-corrected chi connectivity index (χ0v) is 12.3. The van der Waals surface area contributed by atoms with E-state index in [-0.39, 0.29) is 5.25 Å². The van der Waals surface area contributed by atoms with Crippen molar-refractivity contribution in [3.63, 3.8) is 0 Å². The number of fused-ring (bicyclic) bond motifs is 2. The lowest BCUT2D eigenvalue weighted by molar-refractivity contribution is 0.155. The minimum absolute atomic E-state index is 0.0452. The Morgan fingerprint density at radius 1 is 1.00 bits per heavy atom. The van der Waals surface area contributed by atoms with Gasteiger partial charge in [-0.05, 0) is 50.4 Å². The molecule has 18 heavy (non-hydrogen) atoms. The summed E-state index contributed by atoms with van der Waals surface area (Å²) in [4.78, 5) is 0. The van der Waals surface area contributed by atoms with Crippen LogP contribution in [0.5, 0.6) is 0 Å². The van der Waals surface area contributed by atoms with Crippen molar-refractivity contribution in [1.29, 1.82) is 0 Å². The summed E-state index contributed by atoms with van der Waals surface area (Å²) in [5, 5.41) is -0.0452. The maximum atomic E-state index is 12.6. The van der Waals surface area contributed by atoms with Crippen molar-refractivity contribution in [3.8, 4) is 0 Å². The summed E-state index contributed by atoms with van der Waals surface area (Å²) in [7, 11) is -2.98. The Morgan fingerprint density at radius 2 is 1.56 bits per heavy atom. The van der Waals surface area contributed by atoms with Gasteiger partial charge in [-0.2, -0.15) is 4.31 Å². The normalized spacial score (nSPS) is 38.1. The van der Waals surface area contributed by atoms with E-state index in [2.05, 4.69) is 13.8 Å². The molecule has 0 spiro atoms. The fourth-order valence-corrected chi connectivity index (χ4v) is 6.46. The first kappa shape index (κ1) is 12.9. The van der Waals surface area contributed by atoms with Gasteiger partial charge >= 0.3 is 0 Å². The summed E-state index contributed by atoms with van der Waals surface area (Å²) in [6.07, 6.45) is 7.28. The zero-order chi connectivity index (χ0) is 12.9. The molecule has 4 heteroatoms. The molecule has 2 atom stereocenters. The molecule has 0 radical (unpaired) electrons. The summed E-state index contributed by atoms with van der Waals surface area (Å²) in [6.45, 7) is 4.56. The Labute approximate surface area is 111 Å². The fourth-order valence-electron chi connectivity index (χ4n) is 3.98. The number of piperidine rings is 1. The molecule has 0 aromatic rings. The van der Waals surface area contributed by atoms with Gasteiger partial charge in [-0.3, -0.25) is 0 Å². The van der Waals surface area contributed by atoms with Crippen LogP contribution < -0.4 is 0 Å². The lowest BCUT2D eigenvalue weighted by atomic mass is 9.84. The van der Waals surface area contributed by atoms with Crippen LogP contribution in [0, 0.1) is 11.8 Å². The molecule has 2 saturated heterocycles. The van der Waals surface area contributed by atoms with Crippen molar-refractivity contribution >= 4 is 10.0 Å². The maximum absolute atomic E-state index is 12.6. The number of hydrogen-bond acceptors (Lipinski definition) is 2. The molecule has 1 saturated carbocycles. The molecular formula is C14H25NO2S. The average Bonchev–Trinajstić information content (AvgIpc) is 2.47. The Kier molecular flexibility index (Phi) is 3.22. The molecule has 2 aliphatic heterocycles. The van der Waals surface area contributed by atoms with Crippen LogP contribution in [-0.4, -0.2) is 30.1 Å². The molecule has 0 aromatic heterocycles. The summed E-state index contributed by atoms with van der Waals surface area (Å²) in [5.41, 5.74) is 0. The van der Waals surface area contributed by atoms with E-state index in [0.29, 0.717) is 18.0 Å². The molecule has 104 valence electrons. The lowest BCUT2D eigenvalue weighted by Crippen LogP contribution is -2.51. The van der Waals surface area contributed by atoms with Gasteiger partial charge in [-0.25, -0.2) is 8.42 Å². The predicted molar refractivity (Wildman–Crippen MR) is 72.8 cm³/mol. The smallest absolute Gasteiger partial charge is 0.212 e. The Balaban J connectivity index is 1.79. The van der Waals surface area contributed by atoms with Gasteiger partial charge in [0.15, 0.2) is 0 Å². The van der Waals surface area contributed by atoms with Crippen molar-refractivity contribution in [2.24, 2.45) is 11.8 Å². The van der Waals surface area contributed by atoms with Gasteiger partial charge in [0.25, 0.3) is 0 Å². The third kappa shape index (κ3) is 1.92. The van der Waals surface area contributed by atoms with Crippen LogP contribution in [0.3, 0.4) is 0 Å². The van der Waals surface area contributed by atoms with Crippen molar-refractivity contribution in [3.05, 3.63) is 0 Å². The molecule has 0 amide bonds. The highest BCUT2D eigenvalue weighted by atomic mass is 32.2. The molecule has 2 heterocycles. The van der Waals surface area contributed by atoms with Gasteiger partial charge in [0.05, 0.1) is 5.25 Å². The highest BCUT2D eigenvalue weighted by molar-refractivity contribution is 7.89. The molecular weight excluding hydrogens is 246 g/mol. The summed E-state index contributed by atoms with van der Waals surface area (Å²) < 4.78 is 27.2. The minimum atomic E-state index is -2.98. The number of nitrogens with zero attached hydrogens (tertiary/aromatic N) is 1. The molecule has 3 aliphatic rings. The lowest BCUT2D eigenvalue weighted by Gasteiger charge is -2.42. The van der Waals surface area contributed by atoms with Crippen molar-refractivity contribution in [2.45, 2.75) is 76.1 Å². The van der Waals surface area contributed by atoms with E-state index in [1.54, 1.807) is 0 Å². The van der Waals surface area contributed by atoms with E-state index in [9.17, 15) is 8.42 Å². The number of sulfonamides is 1. The van der Waals surface area contributed by atoms with E-state index in [1.807, 2.05) is 4.31 Å². The van der Waals surface area contributed by atoms with Gasteiger partial charge in [0, 0.05) is 12.1 Å². The van der Waals surface area contributed by atoms with Crippen LogP contribution >= 0.6 is 0 Å². The maximum Gasteiger partial charge on any atom is 0.217 e. The van der Waals surface area contributed by atoms with Crippen molar-refractivity contribution < 1.29 is 8.42 Å². The summed E-state index contributed by atoms with van der Waals surface area (Å²) in [5.74, 6) is 1.43. The second kappa shape index (κ2) is 4.48. The van der Waals surface area contributed by atoms with E-state index < -0.39 is 10.0 Å². The Morgan fingerprint density at radius 3 is 1.94 bits per heavy atom. The molecule has 0 N–H and O–H groups in total. The molecule has 2 bridgehead atoms. The topological polar surface area (TPSA) is 37.4 Å². The predicted octanol–water partition coefficient (Wildman–Crippen LogP) is 2.77. The molecule has 0 aromatic carbocycles. The Bertz CT molecular complexity index is 400. The number of hydrogen-bond donors (Lipinski definition) is 0. The van der Waals surface area contributed by atoms with Crippen molar-refractivity contribution in [2.75, 3.05) is 0 Å². The summed E-state index contributed by atoms with van der Waals surface area (Å²) in [6, 6.07) is 0.642. The monoisotopic (exact) mass is 271 g/mol. The van der Waals surface area contributed by atoms with Gasteiger partial charge in [-0.15, -0.1) is 0 Å². The van der Waals surface area contributed by atoms with Crippen LogP contribution in [-0.2, 0) is 10.0 Å². The van der Waals surface area contributed by atoms with Crippen LogP contribution in [0.25, 0.3) is 0 Å². The number of rotatable bonds is 3. The average molecular weight is 271 g/mol. The SMILES string of the molecule is CC(C)C1CC2CCC(C1)N2S(=O)(=O)C1CCC1. The highest BCUT2D eigenvalue weighted by Gasteiger charge is 2.50. The van der Waals surface area contributed by atoms with E-state index in [0.717, 1.165) is 50.9 Å². The quantitative estimate of drug-likeness (QED) is 0.791. The highest BCUT2D eigenvalue weighted by Crippen LogP contribution is 2.45. The molecule has 3 rings (SSSR count). The zero-order valence-electron chi connectivity index (χ0n) is 11.5. The van der Waals surface area contributed by atoms with Crippen LogP contribution in [0.1, 0.15) is 58.8 Å². The first-order chi connectivity index (χ1) is 8.50. The van der Waals surface area contributed by atoms with Gasteiger partial charge < -0.3 is 0 Å². The van der Waals surface area contributed by atoms with E-state index >= 15 is 0 Å². The van der Waals surface area contributed by atoms with Crippen LogP contribution in [0.15, 0.2) is 0 Å². The molecule has 3 fully saturated rings.